The molecule has 0 amide bonds. The van der Waals surface area contributed by atoms with Gasteiger partial charge in [0.25, 0.3) is 0 Å². The molecule has 4 atom stereocenters. The van der Waals surface area contributed by atoms with Crippen LogP contribution in [0.2, 0.25) is 0 Å². The molecule has 10 nitrogen and oxygen atoms in total. The summed E-state index contributed by atoms with van der Waals surface area (Å²) in [5.41, 5.74) is -1.17. The highest BCUT2D eigenvalue weighted by Gasteiger charge is 2.43. The highest BCUT2D eigenvalue weighted by atomic mass is 31.2. The van der Waals surface area contributed by atoms with Crippen molar-refractivity contribution in [2.24, 2.45) is 0 Å². The van der Waals surface area contributed by atoms with Crippen LogP contribution >= 0.6 is 7.94 Å². The van der Waals surface area contributed by atoms with E-state index in [1.165, 1.54) is 0 Å². The maximum absolute atomic E-state index is 11.8. The molecule has 1 fully saturated rings. The molecule has 1 aromatic rings. The molecule has 0 saturated carbocycles. The van der Waals surface area contributed by atoms with Crippen LogP contribution in [-0.4, -0.2) is 49.8 Å². The summed E-state index contributed by atoms with van der Waals surface area (Å²) in [6, 6.07) is 1.12. The Labute approximate surface area is 119 Å². The minimum absolute atomic E-state index is 0.226. The summed E-state index contributed by atoms with van der Waals surface area (Å²) in [6.07, 6.45) is -4.97. The molecule has 2 rings (SSSR count). The van der Waals surface area contributed by atoms with E-state index < -0.39 is 50.9 Å². The minimum Gasteiger partial charge on any atom is -0.687 e. The monoisotopic (exact) mass is 320 g/mol. The summed E-state index contributed by atoms with van der Waals surface area (Å²) in [4.78, 5) is 47.1. The first kappa shape index (κ1) is 16.4. The van der Waals surface area contributed by atoms with E-state index in [1.807, 2.05) is 0 Å². The van der Waals surface area contributed by atoms with Crippen molar-refractivity contribution in [1.29, 1.82) is 0 Å². The number of ether oxygens (including phenoxy) is 1. The van der Waals surface area contributed by atoms with E-state index in [0.29, 0.717) is 0 Å². The van der Waals surface area contributed by atoms with E-state index in [1.54, 1.807) is 0 Å². The van der Waals surface area contributed by atoms with Crippen molar-refractivity contribution < 1.29 is 34.7 Å². The average molecular weight is 320 g/mol. The van der Waals surface area contributed by atoms with Crippen LogP contribution in [-0.2, 0) is 10.9 Å². The van der Waals surface area contributed by atoms with E-state index in [-0.39, 0.29) is 5.69 Å². The zero-order valence-corrected chi connectivity index (χ0v) is 11.5. The highest BCUT2D eigenvalue weighted by molar-refractivity contribution is 7.53. The zero-order chi connectivity index (χ0) is 15.8. The third-order valence-electron chi connectivity index (χ3n) is 3.03. The highest BCUT2D eigenvalue weighted by Crippen LogP contribution is 2.32. The summed E-state index contributed by atoms with van der Waals surface area (Å²) >= 11 is 0. The largest absolute Gasteiger partial charge is 0.687 e. The second kappa shape index (κ2) is 6.03. The Morgan fingerprint density at radius 2 is 2.00 bits per heavy atom. The fraction of sp³-hybridized carbons (Fsp3) is 0.600. The van der Waals surface area contributed by atoms with Gasteiger partial charge >= 0.3 is 5.69 Å². The van der Waals surface area contributed by atoms with Crippen molar-refractivity contribution in [1.82, 2.24) is 9.55 Å². The number of hydrogen-bond acceptors (Lipinski definition) is 9. The molecule has 2 heterocycles. The Kier molecular flexibility index (Phi) is 4.71. The molecule has 1 aliphatic rings. The van der Waals surface area contributed by atoms with Crippen molar-refractivity contribution in [2.75, 3.05) is 6.61 Å². The van der Waals surface area contributed by atoms with Crippen molar-refractivity contribution in [3.8, 4) is 0 Å². The molecule has 3 N–H and O–H groups in total. The lowest BCUT2D eigenvalue weighted by atomic mass is 10.1. The van der Waals surface area contributed by atoms with E-state index in [0.717, 1.165) is 16.8 Å². The lowest BCUT2D eigenvalue weighted by Gasteiger charge is -2.41. The summed E-state index contributed by atoms with van der Waals surface area (Å²) in [7, 11) is -4.85. The van der Waals surface area contributed by atoms with Gasteiger partial charge in [0.15, 0.2) is 6.23 Å². The number of aromatic nitrogens is 2. The van der Waals surface area contributed by atoms with Crippen LogP contribution in [0.1, 0.15) is 11.9 Å². The Morgan fingerprint density at radius 3 is 2.48 bits per heavy atom. The molecule has 11 heteroatoms. The molecule has 21 heavy (non-hydrogen) atoms. The van der Waals surface area contributed by atoms with Crippen LogP contribution in [0.4, 0.5) is 0 Å². The summed E-state index contributed by atoms with van der Waals surface area (Å²) < 4.78 is 5.98. The summed E-state index contributed by atoms with van der Waals surface area (Å²) in [5, 5.41) is 28.3. The first-order valence-electron chi connectivity index (χ1n) is 5.94. The Morgan fingerprint density at radius 1 is 1.33 bits per heavy atom. The van der Waals surface area contributed by atoms with E-state index in [9.17, 15) is 29.7 Å². The molecule has 0 unspecified atom stereocenters. The Balaban J connectivity index is 2.24. The lowest BCUT2D eigenvalue weighted by Crippen LogP contribution is -2.37. The smallest absolute Gasteiger partial charge is 0.350 e. The van der Waals surface area contributed by atoms with E-state index >= 15 is 0 Å². The minimum atomic E-state index is -4.85. The first-order chi connectivity index (χ1) is 9.73. The van der Waals surface area contributed by atoms with Gasteiger partial charge in [-0.15, -0.1) is 0 Å². The van der Waals surface area contributed by atoms with Crippen molar-refractivity contribution in [3.63, 3.8) is 0 Å². The maximum Gasteiger partial charge on any atom is 0.350 e. The maximum atomic E-state index is 11.8. The molecule has 1 aromatic heterocycles. The Bertz CT molecular complexity index is 559. The fourth-order valence-electron chi connectivity index (χ4n) is 2.04. The third kappa shape index (κ3) is 3.62. The van der Waals surface area contributed by atoms with Crippen LogP contribution in [0.5, 0.6) is 0 Å². The topological polar surface area (TPSA) is 174 Å². The molecule has 0 aliphatic carbocycles. The van der Waals surface area contributed by atoms with Crippen LogP contribution in [0, 0.1) is 0 Å². The molecule has 118 valence electrons. The van der Waals surface area contributed by atoms with Gasteiger partial charge in [-0.05, 0) is 6.07 Å². The Hall–Kier alpha value is -0.970. The second-order valence-corrected chi connectivity index (χ2v) is 6.14. The van der Waals surface area contributed by atoms with Gasteiger partial charge in [0, 0.05) is 6.20 Å². The average Bonchev–Trinajstić information content (AvgIpc) is 2.65. The van der Waals surface area contributed by atoms with Crippen LogP contribution in [0.3, 0.4) is 0 Å². The number of nitrogens with zero attached hydrogens (tertiary/aromatic N) is 2. The lowest BCUT2D eigenvalue weighted by molar-refractivity contribution is -0.428. The SMILES string of the molecule is O=c1nc(C[P+]([O-])([O-])[O-])ccn1[C@@H]1O[C@H](CO)[C@@H](O)[C@H]1O. The van der Waals surface area contributed by atoms with Crippen molar-refractivity contribution >= 4 is 7.94 Å². The predicted molar refractivity (Wildman–Crippen MR) is 62.1 cm³/mol. The quantitative estimate of drug-likeness (QED) is 0.460. The van der Waals surface area contributed by atoms with Gasteiger partial charge in [0.05, 0.1) is 18.5 Å². The molecular weight excluding hydrogens is 307 g/mol. The second-order valence-electron chi connectivity index (χ2n) is 4.61. The van der Waals surface area contributed by atoms with E-state index in [2.05, 4.69) is 4.98 Å². The van der Waals surface area contributed by atoms with Gasteiger partial charge in [0.2, 0.25) is 0 Å². The number of hydrogen-bond donors (Lipinski definition) is 3. The van der Waals surface area contributed by atoms with Gasteiger partial charge in [-0.2, -0.15) is 12.9 Å². The van der Waals surface area contributed by atoms with Gasteiger partial charge in [-0.3, -0.25) is 4.57 Å². The molecular formula is C10H13N2O8P-2. The molecule has 1 saturated heterocycles. The van der Waals surface area contributed by atoms with Crippen LogP contribution in [0.25, 0.3) is 0 Å². The third-order valence-corrected chi connectivity index (χ3v) is 3.75. The molecule has 0 spiro atoms. The molecule has 0 radical (unpaired) electrons. The van der Waals surface area contributed by atoms with Gasteiger partial charge in [0.1, 0.15) is 18.3 Å². The molecule has 0 bridgehead atoms. The zero-order valence-electron chi connectivity index (χ0n) is 10.6. The fourth-order valence-corrected chi connectivity index (χ4v) is 2.61. The van der Waals surface area contributed by atoms with Gasteiger partial charge in [-0.1, -0.05) is 0 Å². The number of aliphatic hydroxyl groups excluding tert-OH is 3. The van der Waals surface area contributed by atoms with E-state index in [4.69, 9.17) is 9.84 Å². The number of aliphatic hydroxyl groups is 3. The predicted octanol–water partition coefficient (Wildman–Crippen LogP) is -4.80. The normalized spacial score (nSPS) is 29.8. The first-order valence-corrected chi connectivity index (χ1v) is 7.67. The molecule has 1 aliphatic heterocycles. The van der Waals surface area contributed by atoms with Crippen LogP contribution in [0.15, 0.2) is 17.1 Å². The summed E-state index contributed by atoms with van der Waals surface area (Å²) in [6.45, 7) is -0.551. The summed E-state index contributed by atoms with van der Waals surface area (Å²) in [5.74, 6) is 0. The van der Waals surface area contributed by atoms with Gasteiger partial charge in [-0.25, -0.2) is 4.79 Å². The number of rotatable bonds is 4. The standard InChI is InChI=1S/C10H15N2O8P/c13-3-6-7(14)8(15)9(20-6)12-2-1-5(11-10(12)16)4-21(17,18)19/h1-2,6-9,13-15H,3-4H2,(H2,17,18,19)/p-2/t6-,7-,8-,9-/m1/s1. The van der Waals surface area contributed by atoms with Crippen molar-refractivity contribution in [2.45, 2.75) is 30.7 Å². The van der Waals surface area contributed by atoms with Crippen LogP contribution < -0.4 is 20.4 Å². The van der Waals surface area contributed by atoms with Crippen molar-refractivity contribution in [3.05, 3.63) is 28.4 Å². The van der Waals surface area contributed by atoms with Gasteiger partial charge < -0.3 is 34.7 Å². The molecule has 0 aromatic carbocycles.